The van der Waals surface area contributed by atoms with Crippen molar-refractivity contribution in [2.45, 2.75) is 22.8 Å². The summed E-state index contributed by atoms with van der Waals surface area (Å²) in [7, 11) is -3.88. The Morgan fingerprint density at radius 1 is 0.964 bits per heavy atom. The molecule has 1 aliphatic rings. The number of carbonyl (C=O) groups is 2. The molecule has 1 N–H and O–H groups in total. The Hall–Kier alpha value is -3.32. The van der Waals surface area contributed by atoms with Crippen molar-refractivity contribution in [2.75, 3.05) is 0 Å². The largest absolute Gasteiger partial charge is 0.344 e. The predicted molar refractivity (Wildman–Crippen MR) is 102 cm³/mol. The molecule has 0 saturated heterocycles. The zero-order valence-electron chi connectivity index (χ0n) is 14.9. The molecule has 1 aromatic heterocycles. The fraction of sp³-hybridized carbons (Fsp3) is 0.0952. The van der Waals surface area contributed by atoms with Crippen molar-refractivity contribution in [2.24, 2.45) is 0 Å². The first-order valence-corrected chi connectivity index (χ1v) is 10.1. The van der Waals surface area contributed by atoms with Gasteiger partial charge in [-0.1, -0.05) is 18.2 Å². The van der Waals surface area contributed by atoms with Gasteiger partial charge in [-0.25, -0.2) is 8.42 Å². The molecule has 6 nitrogen and oxygen atoms in total. The summed E-state index contributed by atoms with van der Waals surface area (Å²) in [6.07, 6.45) is 1.63. The molecule has 0 saturated carbocycles. The number of aromatic nitrogens is 1. The summed E-state index contributed by atoms with van der Waals surface area (Å²) < 4.78 is 25.9. The van der Waals surface area contributed by atoms with E-state index in [1.807, 2.05) is 6.07 Å². The third-order valence-corrected chi connectivity index (χ3v) is 6.53. The summed E-state index contributed by atoms with van der Waals surface area (Å²) in [5.74, 6) is -0.809. The highest BCUT2D eigenvalue weighted by Crippen LogP contribution is 2.34. The Labute approximate surface area is 162 Å². The Morgan fingerprint density at radius 2 is 1.68 bits per heavy atom. The minimum atomic E-state index is -3.88. The van der Waals surface area contributed by atoms with Crippen LogP contribution >= 0.6 is 0 Å². The van der Waals surface area contributed by atoms with Gasteiger partial charge in [0.2, 0.25) is 9.84 Å². The quantitative estimate of drug-likeness (QED) is 0.579. The van der Waals surface area contributed by atoms with Crippen LogP contribution in [0.25, 0.3) is 0 Å². The Balaban J connectivity index is 1.70. The van der Waals surface area contributed by atoms with Crippen LogP contribution in [0.3, 0.4) is 0 Å². The third kappa shape index (κ3) is 2.90. The summed E-state index contributed by atoms with van der Waals surface area (Å²) in [5, 5.41) is 2.80. The molecule has 0 aliphatic carbocycles. The Morgan fingerprint density at radius 3 is 2.43 bits per heavy atom. The lowest BCUT2D eigenvalue weighted by molar-refractivity contribution is 0.0937. The smallest absolute Gasteiger partial charge is 0.251 e. The highest BCUT2D eigenvalue weighted by molar-refractivity contribution is 7.91. The molecular formula is C21H16N2O4S. The van der Waals surface area contributed by atoms with Gasteiger partial charge in [-0.3, -0.25) is 14.6 Å². The predicted octanol–water partition coefficient (Wildman–Crippen LogP) is 2.95. The van der Waals surface area contributed by atoms with E-state index in [0.717, 1.165) is 0 Å². The average molecular weight is 392 g/mol. The summed E-state index contributed by atoms with van der Waals surface area (Å²) in [4.78, 5) is 29.3. The van der Waals surface area contributed by atoms with Crippen molar-refractivity contribution < 1.29 is 18.0 Å². The molecule has 2 heterocycles. The molecular weight excluding hydrogens is 376 g/mol. The molecule has 1 aliphatic heterocycles. The van der Waals surface area contributed by atoms with Crippen molar-refractivity contribution in [1.82, 2.24) is 10.3 Å². The highest BCUT2D eigenvalue weighted by Gasteiger charge is 2.35. The van der Waals surface area contributed by atoms with Crippen LogP contribution in [0.5, 0.6) is 0 Å². The standard InChI is InChI=1S/C21H16N2O4S/c1-13(17-7-4-5-11-22-17)23-21(25)14-9-10-16-19(12-14)28(26,27)18-8-3-2-6-15(18)20(16)24/h2-13H,1H3,(H,23,25). The van der Waals surface area contributed by atoms with E-state index in [1.54, 1.807) is 37.4 Å². The molecule has 0 bridgehead atoms. The van der Waals surface area contributed by atoms with Crippen LogP contribution < -0.4 is 5.32 Å². The topological polar surface area (TPSA) is 93.2 Å². The van der Waals surface area contributed by atoms with E-state index in [-0.39, 0.29) is 38.3 Å². The van der Waals surface area contributed by atoms with Crippen molar-refractivity contribution in [3.05, 3.63) is 89.2 Å². The van der Waals surface area contributed by atoms with Crippen LogP contribution in [-0.2, 0) is 9.84 Å². The lowest BCUT2D eigenvalue weighted by Crippen LogP contribution is -2.28. The minimum absolute atomic E-state index is 0.0353. The lowest BCUT2D eigenvalue weighted by Gasteiger charge is -2.19. The average Bonchev–Trinajstić information content (AvgIpc) is 2.72. The number of nitrogens with one attached hydrogen (secondary N) is 1. The van der Waals surface area contributed by atoms with Gasteiger partial charge in [0.15, 0.2) is 5.78 Å². The Kier molecular flexibility index (Phi) is 4.31. The molecule has 3 aromatic rings. The zero-order valence-corrected chi connectivity index (χ0v) is 15.7. The van der Waals surface area contributed by atoms with Gasteiger partial charge >= 0.3 is 0 Å². The van der Waals surface area contributed by atoms with E-state index in [1.165, 1.54) is 30.3 Å². The van der Waals surface area contributed by atoms with E-state index in [0.29, 0.717) is 5.69 Å². The first-order valence-electron chi connectivity index (χ1n) is 8.64. The molecule has 140 valence electrons. The Bertz CT molecular complexity index is 1200. The minimum Gasteiger partial charge on any atom is -0.344 e. The molecule has 0 radical (unpaired) electrons. The van der Waals surface area contributed by atoms with E-state index < -0.39 is 15.7 Å². The van der Waals surface area contributed by atoms with Gasteiger partial charge in [-0.05, 0) is 49.4 Å². The number of hydrogen-bond acceptors (Lipinski definition) is 5. The number of benzene rings is 2. The third-order valence-electron chi connectivity index (χ3n) is 4.68. The van der Waals surface area contributed by atoms with Crippen LogP contribution in [0.4, 0.5) is 0 Å². The maximum atomic E-state index is 13.0. The first kappa shape index (κ1) is 18.1. The number of amides is 1. The van der Waals surface area contributed by atoms with Crippen molar-refractivity contribution in [3.8, 4) is 0 Å². The van der Waals surface area contributed by atoms with Gasteiger partial charge < -0.3 is 5.32 Å². The normalized spacial score (nSPS) is 15.2. The molecule has 1 unspecified atom stereocenters. The molecule has 2 aromatic carbocycles. The zero-order chi connectivity index (χ0) is 19.9. The number of rotatable bonds is 3. The number of hydrogen-bond donors (Lipinski definition) is 1. The van der Waals surface area contributed by atoms with Gasteiger partial charge in [-0.15, -0.1) is 0 Å². The van der Waals surface area contributed by atoms with Crippen LogP contribution in [0.15, 0.2) is 76.7 Å². The van der Waals surface area contributed by atoms with E-state index in [9.17, 15) is 18.0 Å². The highest BCUT2D eigenvalue weighted by atomic mass is 32.2. The van der Waals surface area contributed by atoms with Crippen molar-refractivity contribution >= 4 is 21.5 Å². The number of carbonyl (C=O) groups excluding carboxylic acids is 2. The molecule has 7 heteroatoms. The lowest BCUT2D eigenvalue weighted by atomic mass is 10.0. The number of ketones is 1. The van der Waals surface area contributed by atoms with Crippen LogP contribution in [0, 0.1) is 0 Å². The molecule has 1 amide bonds. The molecule has 1 atom stereocenters. The molecule has 0 spiro atoms. The maximum Gasteiger partial charge on any atom is 0.251 e. The maximum absolute atomic E-state index is 13.0. The van der Waals surface area contributed by atoms with Crippen LogP contribution in [0.1, 0.15) is 44.9 Å². The molecule has 28 heavy (non-hydrogen) atoms. The molecule has 4 rings (SSSR count). The summed E-state index contributed by atoms with van der Waals surface area (Å²) in [5.41, 5.74) is 1.08. The van der Waals surface area contributed by atoms with Crippen molar-refractivity contribution in [1.29, 1.82) is 0 Å². The number of nitrogens with zero attached hydrogens (tertiary/aromatic N) is 1. The van der Waals surface area contributed by atoms with Gasteiger partial charge in [0.25, 0.3) is 5.91 Å². The van der Waals surface area contributed by atoms with E-state index in [4.69, 9.17) is 0 Å². The summed E-state index contributed by atoms with van der Waals surface area (Å²) in [6, 6.07) is 15.2. The van der Waals surface area contributed by atoms with Gasteiger partial charge in [0.05, 0.1) is 21.5 Å². The van der Waals surface area contributed by atoms with Gasteiger partial charge in [0.1, 0.15) is 0 Å². The molecule has 0 fully saturated rings. The number of sulfone groups is 1. The van der Waals surface area contributed by atoms with Crippen molar-refractivity contribution in [3.63, 3.8) is 0 Å². The fourth-order valence-corrected chi connectivity index (χ4v) is 4.89. The summed E-state index contributed by atoms with van der Waals surface area (Å²) in [6.45, 7) is 1.79. The van der Waals surface area contributed by atoms with Gasteiger partial charge in [-0.2, -0.15) is 0 Å². The number of pyridine rings is 1. The van der Waals surface area contributed by atoms with E-state index in [2.05, 4.69) is 10.3 Å². The second-order valence-electron chi connectivity index (χ2n) is 6.49. The monoisotopic (exact) mass is 392 g/mol. The first-order chi connectivity index (χ1) is 13.4. The second-order valence-corrected chi connectivity index (χ2v) is 8.38. The summed E-state index contributed by atoms with van der Waals surface area (Å²) >= 11 is 0. The fourth-order valence-electron chi connectivity index (χ4n) is 3.21. The SMILES string of the molecule is CC(NC(=O)c1ccc2c(c1)S(=O)(=O)c1ccccc1C2=O)c1ccccn1. The van der Waals surface area contributed by atoms with Crippen LogP contribution in [-0.4, -0.2) is 25.1 Å². The van der Waals surface area contributed by atoms with E-state index >= 15 is 0 Å². The van der Waals surface area contributed by atoms with Crippen LogP contribution in [0.2, 0.25) is 0 Å². The number of fused-ring (bicyclic) bond motifs is 2. The van der Waals surface area contributed by atoms with Gasteiger partial charge in [0, 0.05) is 22.9 Å². The second kappa shape index (κ2) is 6.69.